The first-order valence-electron chi connectivity index (χ1n) is 7.70. The Morgan fingerprint density at radius 1 is 1.24 bits per heavy atom. The molecule has 0 unspecified atom stereocenters. The van der Waals surface area contributed by atoms with Crippen molar-refractivity contribution in [3.8, 4) is 5.75 Å². The van der Waals surface area contributed by atoms with Gasteiger partial charge in [-0.05, 0) is 30.5 Å². The second-order valence-corrected chi connectivity index (χ2v) is 5.66. The zero-order valence-corrected chi connectivity index (χ0v) is 13.2. The molecular formula is C16H18F3NO5. The minimum atomic E-state index is -4.81. The van der Waals surface area contributed by atoms with Crippen molar-refractivity contribution in [2.24, 2.45) is 5.92 Å². The molecule has 1 atom stereocenters. The van der Waals surface area contributed by atoms with Crippen LogP contribution in [0.3, 0.4) is 0 Å². The lowest BCUT2D eigenvalue weighted by atomic mass is 9.97. The molecule has 138 valence electrons. The second kappa shape index (κ2) is 8.19. The van der Waals surface area contributed by atoms with Crippen molar-refractivity contribution in [3.05, 3.63) is 29.8 Å². The van der Waals surface area contributed by atoms with E-state index < -0.39 is 24.1 Å². The number of carbonyl (C=O) groups is 2. The van der Waals surface area contributed by atoms with E-state index in [0.717, 1.165) is 12.1 Å². The third-order valence-electron chi connectivity index (χ3n) is 3.80. The van der Waals surface area contributed by atoms with Crippen LogP contribution >= 0.6 is 0 Å². The molecule has 0 radical (unpaired) electrons. The van der Waals surface area contributed by atoms with Gasteiger partial charge in [0, 0.05) is 19.1 Å². The number of carboxylic acids is 1. The smallest absolute Gasteiger partial charge is 0.481 e. The first-order valence-corrected chi connectivity index (χ1v) is 7.70. The number of nitrogens with one attached hydrogen (secondary N) is 1. The van der Waals surface area contributed by atoms with Gasteiger partial charge in [-0.3, -0.25) is 9.59 Å². The van der Waals surface area contributed by atoms with Crippen LogP contribution in [-0.2, 0) is 14.3 Å². The third-order valence-corrected chi connectivity index (χ3v) is 3.80. The molecule has 1 saturated heterocycles. The number of ether oxygens (including phenoxy) is 2. The summed E-state index contributed by atoms with van der Waals surface area (Å²) in [5.74, 6) is -2.10. The normalized spacial score (nSPS) is 16.9. The number of benzene rings is 1. The fraction of sp³-hybridized carbons (Fsp3) is 0.500. The second-order valence-electron chi connectivity index (χ2n) is 5.66. The van der Waals surface area contributed by atoms with Crippen molar-refractivity contribution < 1.29 is 37.3 Å². The molecule has 1 amide bonds. The highest BCUT2D eigenvalue weighted by atomic mass is 19.4. The Morgan fingerprint density at radius 2 is 1.84 bits per heavy atom. The van der Waals surface area contributed by atoms with Crippen LogP contribution in [0.4, 0.5) is 13.2 Å². The summed E-state index contributed by atoms with van der Waals surface area (Å²) in [6, 6.07) is 3.93. The van der Waals surface area contributed by atoms with Gasteiger partial charge in [-0.25, -0.2) is 0 Å². The van der Waals surface area contributed by atoms with Crippen molar-refractivity contribution in [3.63, 3.8) is 0 Å². The lowest BCUT2D eigenvalue weighted by Crippen LogP contribution is -2.37. The van der Waals surface area contributed by atoms with Gasteiger partial charge in [-0.1, -0.05) is 12.1 Å². The van der Waals surface area contributed by atoms with E-state index >= 15 is 0 Å². The van der Waals surface area contributed by atoms with Crippen molar-refractivity contribution >= 4 is 11.9 Å². The van der Waals surface area contributed by atoms with Gasteiger partial charge in [0.2, 0.25) is 5.91 Å². The van der Waals surface area contributed by atoms with Crippen LogP contribution in [-0.4, -0.2) is 36.6 Å². The molecule has 0 saturated carbocycles. The summed E-state index contributed by atoms with van der Waals surface area (Å²) in [7, 11) is 0. The highest BCUT2D eigenvalue weighted by Crippen LogP contribution is 2.26. The Labute approximate surface area is 141 Å². The fourth-order valence-electron chi connectivity index (χ4n) is 2.58. The molecule has 0 aliphatic carbocycles. The minimum absolute atomic E-state index is 0.266. The van der Waals surface area contributed by atoms with Crippen LogP contribution in [0, 0.1) is 5.92 Å². The van der Waals surface area contributed by atoms with E-state index in [0.29, 0.717) is 31.6 Å². The quantitative estimate of drug-likeness (QED) is 0.814. The molecule has 2 N–H and O–H groups in total. The maximum Gasteiger partial charge on any atom is 0.573 e. The van der Waals surface area contributed by atoms with E-state index in [1.165, 1.54) is 12.1 Å². The molecule has 0 spiro atoms. The van der Waals surface area contributed by atoms with E-state index in [1.807, 2.05) is 0 Å². The topological polar surface area (TPSA) is 84.9 Å². The summed E-state index contributed by atoms with van der Waals surface area (Å²) < 4.78 is 45.5. The summed E-state index contributed by atoms with van der Waals surface area (Å²) in [6.45, 7) is 0.927. The predicted octanol–water partition coefficient (Wildman–Crippen LogP) is 2.64. The van der Waals surface area contributed by atoms with E-state index in [2.05, 4.69) is 10.1 Å². The van der Waals surface area contributed by atoms with Gasteiger partial charge in [-0.15, -0.1) is 13.2 Å². The highest BCUT2D eigenvalue weighted by molar-refractivity contribution is 5.80. The molecule has 0 aromatic heterocycles. The molecular weight excluding hydrogens is 343 g/mol. The summed E-state index contributed by atoms with van der Waals surface area (Å²) in [6.07, 6.45) is -4.10. The van der Waals surface area contributed by atoms with E-state index in [4.69, 9.17) is 9.84 Å². The number of carboxylic acid groups (broad SMARTS) is 1. The van der Waals surface area contributed by atoms with E-state index in [1.54, 1.807) is 0 Å². The highest BCUT2D eigenvalue weighted by Gasteiger charge is 2.31. The van der Waals surface area contributed by atoms with Crippen LogP contribution in [0.2, 0.25) is 0 Å². The van der Waals surface area contributed by atoms with Crippen LogP contribution in [0.5, 0.6) is 5.75 Å². The first kappa shape index (κ1) is 19.0. The Hall–Kier alpha value is -2.29. The molecule has 1 aromatic rings. The number of halogens is 3. The maximum atomic E-state index is 12.3. The van der Waals surface area contributed by atoms with Crippen molar-refractivity contribution in [2.45, 2.75) is 31.7 Å². The van der Waals surface area contributed by atoms with Crippen LogP contribution in [0.15, 0.2) is 24.3 Å². The van der Waals surface area contributed by atoms with E-state index in [-0.39, 0.29) is 18.2 Å². The number of alkyl halides is 3. The monoisotopic (exact) mass is 361 g/mol. The molecule has 6 nitrogen and oxygen atoms in total. The summed E-state index contributed by atoms with van der Waals surface area (Å²) in [5, 5.41) is 11.7. The zero-order valence-electron chi connectivity index (χ0n) is 13.2. The van der Waals surface area contributed by atoms with Gasteiger partial charge in [0.05, 0.1) is 12.5 Å². The van der Waals surface area contributed by atoms with Crippen molar-refractivity contribution in [2.75, 3.05) is 13.2 Å². The van der Waals surface area contributed by atoms with Gasteiger partial charge in [0.1, 0.15) is 5.75 Å². The first-order chi connectivity index (χ1) is 11.7. The number of hydrogen-bond acceptors (Lipinski definition) is 4. The number of carbonyl (C=O) groups excluding carboxylic acids is 1. The number of rotatable bonds is 6. The third kappa shape index (κ3) is 6.26. The Bertz CT molecular complexity index is 597. The summed E-state index contributed by atoms with van der Waals surface area (Å²) in [5.41, 5.74) is 0.386. The summed E-state index contributed by atoms with van der Waals surface area (Å²) >= 11 is 0. The van der Waals surface area contributed by atoms with Gasteiger partial charge >= 0.3 is 12.3 Å². The molecule has 2 rings (SSSR count). The van der Waals surface area contributed by atoms with Crippen LogP contribution in [0.25, 0.3) is 0 Å². The van der Waals surface area contributed by atoms with Crippen molar-refractivity contribution in [1.29, 1.82) is 0 Å². The lowest BCUT2D eigenvalue weighted by Gasteiger charge is -2.25. The molecule has 1 heterocycles. The SMILES string of the molecule is O=C(O)C[C@@H](NC(=O)C1CCOCC1)c1ccc(OC(F)(F)F)cc1. The zero-order chi connectivity index (χ0) is 18.4. The van der Waals surface area contributed by atoms with Gasteiger partial charge < -0.3 is 19.9 Å². The lowest BCUT2D eigenvalue weighted by molar-refractivity contribution is -0.274. The molecule has 0 bridgehead atoms. The Morgan fingerprint density at radius 3 is 2.36 bits per heavy atom. The number of hydrogen-bond donors (Lipinski definition) is 2. The van der Waals surface area contributed by atoms with Crippen LogP contribution < -0.4 is 10.1 Å². The predicted molar refractivity (Wildman–Crippen MR) is 79.8 cm³/mol. The number of amides is 1. The Kier molecular flexibility index (Phi) is 6.24. The van der Waals surface area contributed by atoms with Gasteiger partial charge in [0.15, 0.2) is 0 Å². The molecule has 25 heavy (non-hydrogen) atoms. The molecule has 1 aliphatic heterocycles. The largest absolute Gasteiger partial charge is 0.573 e. The molecule has 9 heteroatoms. The van der Waals surface area contributed by atoms with Crippen LogP contribution in [0.1, 0.15) is 30.9 Å². The summed E-state index contributed by atoms with van der Waals surface area (Å²) in [4.78, 5) is 23.3. The fourth-order valence-corrected chi connectivity index (χ4v) is 2.58. The average molecular weight is 361 g/mol. The standard InChI is InChI=1S/C16H18F3NO5/c17-16(18,19)25-12-3-1-10(2-4-12)13(9-14(21)22)20-15(23)11-5-7-24-8-6-11/h1-4,11,13H,5-9H2,(H,20,23)(H,21,22)/t13-/m1/s1. The van der Waals surface area contributed by atoms with Gasteiger partial charge in [0.25, 0.3) is 0 Å². The van der Waals surface area contributed by atoms with Crippen molar-refractivity contribution in [1.82, 2.24) is 5.32 Å². The van der Waals surface area contributed by atoms with Gasteiger partial charge in [-0.2, -0.15) is 0 Å². The molecule has 1 fully saturated rings. The minimum Gasteiger partial charge on any atom is -0.481 e. The average Bonchev–Trinajstić information content (AvgIpc) is 2.54. The number of aliphatic carboxylic acids is 1. The molecule has 1 aromatic carbocycles. The molecule has 1 aliphatic rings. The Balaban J connectivity index is 2.08. The van der Waals surface area contributed by atoms with E-state index in [9.17, 15) is 22.8 Å². The maximum absolute atomic E-state index is 12.3.